The summed E-state index contributed by atoms with van der Waals surface area (Å²) in [6.45, 7) is 4.16. The fourth-order valence-corrected chi connectivity index (χ4v) is 3.24. The van der Waals surface area contributed by atoms with Crippen molar-refractivity contribution >= 4 is 0 Å². The lowest BCUT2D eigenvalue weighted by molar-refractivity contribution is -0.108. The molecular weight excluding hydrogens is 240 g/mol. The van der Waals surface area contributed by atoms with Gasteiger partial charge in [0.1, 0.15) is 0 Å². The third-order valence-electron chi connectivity index (χ3n) is 4.28. The van der Waals surface area contributed by atoms with Crippen LogP contribution in [0.25, 0.3) is 0 Å². The van der Waals surface area contributed by atoms with Crippen molar-refractivity contribution in [1.29, 1.82) is 0 Å². The molecule has 0 unspecified atom stereocenters. The lowest BCUT2D eigenvalue weighted by Crippen LogP contribution is -2.52. The number of nitrogens with zero attached hydrogens (tertiary/aromatic N) is 1. The van der Waals surface area contributed by atoms with Gasteiger partial charge >= 0.3 is 0 Å². The van der Waals surface area contributed by atoms with E-state index in [1.165, 1.54) is 12.8 Å². The molecule has 4 nitrogen and oxygen atoms in total. The van der Waals surface area contributed by atoms with Gasteiger partial charge in [-0.1, -0.05) is 12.5 Å². The normalized spacial score (nSPS) is 30.8. The predicted octanol–water partition coefficient (Wildman–Crippen LogP) is 1.76. The summed E-state index contributed by atoms with van der Waals surface area (Å²) in [5.41, 5.74) is 1.03. The van der Waals surface area contributed by atoms with Crippen LogP contribution in [0.1, 0.15) is 25.0 Å². The van der Waals surface area contributed by atoms with E-state index in [1.54, 1.807) is 0 Å². The first-order chi connectivity index (χ1) is 9.39. The molecule has 2 heterocycles. The Balaban J connectivity index is 1.51. The lowest BCUT2D eigenvalue weighted by atomic mass is 9.90. The molecular formula is C15H22N2O2. The minimum Gasteiger partial charge on any atom is -0.375 e. The topological polar surface area (TPSA) is 43.4 Å². The fraction of sp³-hybridized carbons (Fsp3) is 0.667. The van der Waals surface area contributed by atoms with Crippen LogP contribution in [-0.2, 0) is 16.1 Å². The minimum atomic E-state index is 0.0301. The molecule has 1 saturated carbocycles. The van der Waals surface area contributed by atoms with E-state index in [0.29, 0.717) is 12.5 Å². The standard InChI is InChI=1S/C15H22N2O2/c1-2-7-17-14(5-1)11-18-10-13-4-3-6-15(13)12-16-8-9-19-15/h1-2,5,7,13,16H,3-4,6,8-12H2/t13-,15+/m1/s1. The maximum atomic E-state index is 6.08. The molecule has 2 atom stereocenters. The van der Waals surface area contributed by atoms with Gasteiger partial charge < -0.3 is 14.8 Å². The van der Waals surface area contributed by atoms with Crippen molar-refractivity contribution in [2.24, 2.45) is 5.92 Å². The van der Waals surface area contributed by atoms with Crippen LogP contribution in [0.15, 0.2) is 24.4 Å². The Hall–Kier alpha value is -0.970. The Morgan fingerprint density at radius 1 is 1.47 bits per heavy atom. The van der Waals surface area contributed by atoms with Gasteiger partial charge in [-0.3, -0.25) is 4.98 Å². The smallest absolute Gasteiger partial charge is 0.0887 e. The van der Waals surface area contributed by atoms with Crippen LogP contribution in [0.2, 0.25) is 0 Å². The van der Waals surface area contributed by atoms with E-state index in [9.17, 15) is 0 Å². The van der Waals surface area contributed by atoms with Gasteiger partial charge in [0, 0.05) is 25.2 Å². The number of nitrogens with one attached hydrogen (secondary N) is 1. The Morgan fingerprint density at radius 3 is 3.26 bits per heavy atom. The second-order valence-corrected chi connectivity index (χ2v) is 5.52. The van der Waals surface area contributed by atoms with Crippen LogP contribution in [0.5, 0.6) is 0 Å². The van der Waals surface area contributed by atoms with Crippen molar-refractivity contribution in [3.63, 3.8) is 0 Å². The molecule has 2 aliphatic rings. The molecule has 2 fully saturated rings. The van der Waals surface area contributed by atoms with Crippen molar-refractivity contribution in [2.45, 2.75) is 31.5 Å². The van der Waals surface area contributed by atoms with Crippen molar-refractivity contribution in [3.05, 3.63) is 30.1 Å². The summed E-state index contributed by atoms with van der Waals surface area (Å²) in [6, 6.07) is 5.93. The van der Waals surface area contributed by atoms with Gasteiger partial charge in [0.15, 0.2) is 0 Å². The number of hydrogen-bond acceptors (Lipinski definition) is 4. The molecule has 0 radical (unpaired) electrons. The molecule has 1 aromatic heterocycles. The Morgan fingerprint density at radius 2 is 2.47 bits per heavy atom. The maximum absolute atomic E-state index is 6.08. The highest BCUT2D eigenvalue weighted by Crippen LogP contribution is 2.39. The number of ether oxygens (including phenoxy) is 2. The molecule has 4 heteroatoms. The summed E-state index contributed by atoms with van der Waals surface area (Å²) in [6.07, 6.45) is 5.44. The van der Waals surface area contributed by atoms with Gasteiger partial charge in [-0.2, -0.15) is 0 Å². The van der Waals surface area contributed by atoms with Gasteiger partial charge in [-0.15, -0.1) is 0 Å². The number of morpholine rings is 1. The summed E-state index contributed by atoms with van der Waals surface area (Å²) in [4.78, 5) is 4.28. The first-order valence-corrected chi connectivity index (χ1v) is 7.21. The highest BCUT2D eigenvalue weighted by molar-refractivity contribution is 5.02. The van der Waals surface area contributed by atoms with Crippen LogP contribution in [-0.4, -0.2) is 36.9 Å². The van der Waals surface area contributed by atoms with E-state index >= 15 is 0 Å². The zero-order valence-corrected chi connectivity index (χ0v) is 11.3. The second kappa shape index (κ2) is 5.99. The van der Waals surface area contributed by atoms with E-state index in [4.69, 9.17) is 9.47 Å². The van der Waals surface area contributed by atoms with Gasteiger partial charge in [0.05, 0.1) is 31.1 Å². The van der Waals surface area contributed by atoms with Crippen LogP contribution >= 0.6 is 0 Å². The molecule has 1 aliphatic carbocycles. The molecule has 1 aromatic rings. The van der Waals surface area contributed by atoms with Crippen molar-refractivity contribution in [1.82, 2.24) is 10.3 Å². The van der Waals surface area contributed by atoms with E-state index in [1.807, 2.05) is 24.4 Å². The van der Waals surface area contributed by atoms with Crippen LogP contribution in [0.4, 0.5) is 0 Å². The summed E-state index contributed by atoms with van der Waals surface area (Å²) in [5, 5.41) is 3.46. The second-order valence-electron chi connectivity index (χ2n) is 5.52. The quantitative estimate of drug-likeness (QED) is 0.898. The fourth-order valence-electron chi connectivity index (χ4n) is 3.24. The number of hydrogen-bond donors (Lipinski definition) is 1. The summed E-state index contributed by atoms with van der Waals surface area (Å²) >= 11 is 0. The average molecular weight is 262 g/mol. The molecule has 0 bridgehead atoms. The van der Waals surface area contributed by atoms with E-state index in [-0.39, 0.29) is 5.60 Å². The molecule has 1 spiro atoms. The van der Waals surface area contributed by atoms with Crippen molar-refractivity contribution < 1.29 is 9.47 Å². The molecule has 1 aliphatic heterocycles. The van der Waals surface area contributed by atoms with Crippen molar-refractivity contribution in [3.8, 4) is 0 Å². The Labute approximate surface area is 114 Å². The highest BCUT2D eigenvalue weighted by atomic mass is 16.5. The zero-order chi connectivity index (χ0) is 13.0. The number of rotatable bonds is 4. The first-order valence-electron chi connectivity index (χ1n) is 7.21. The van der Waals surface area contributed by atoms with E-state index in [0.717, 1.165) is 38.4 Å². The van der Waals surface area contributed by atoms with Crippen LogP contribution in [0, 0.1) is 5.92 Å². The molecule has 0 aromatic carbocycles. The third-order valence-corrected chi connectivity index (χ3v) is 4.28. The molecule has 1 N–H and O–H groups in total. The van der Waals surface area contributed by atoms with Gasteiger partial charge in [0.25, 0.3) is 0 Å². The molecule has 1 saturated heterocycles. The minimum absolute atomic E-state index is 0.0301. The van der Waals surface area contributed by atoms with Gasteiger partial charge in [0.2, 0.25) is 0 Å². The lowest BCUT2D eigenvalue weighted by Gasteiger charge is -2.39. The number of aromatic nitrogens is 1. The van der Waals surface area contributed by atoms with E-state index < -0.39 is 0 Å². The zero-order valence-electron chi connectivity index (χ0n) is 11.3. The largest absolute Gasteiger partial charge is 0.375 e. The van der Waals surface area contributed by atoms with Gasteiger partial charge in [-0.25, -0.2) is 0 Å². The van der Waals surface area contributed by atoms with Crippen molar-refractivity contribution in [2.75, 3.05) is 26.3 Å². The van der Waals surface area contributed by atoms with Crippen LogP contribution < -0.4 is 5.32 Å². The molecule has 3 rings (SSSR count). The van der Waals surface area contributed by atoms with Gasteiger partial charge in [-0.05, 0) is 25.0 Å². The molecule has 19 heavy (non-hydrogen) atoms. The first kappa shape index (κ1) is 13.0. The highest BCUT2D eigenvalue weighted by Gasteiger charge is 2.44. The van der Waals surface area contributed by atoms with E-state index in [2.05, 4.69) is 10.3 Å². The summed E-state index contributed by atoms with van der Waals surface area (Å²) in [7, 11) is 0. The number of pyridine rings is 1. The average Bonchev–Trinajstić information content (AvgIpc) is 2.83. The maximum Gasteiger partial charge on any atom is 0.0887 e. The summed E-state index contributed by atoms with van der Waals surface area (Å²) < 4.78 is 11.9. The third kappa shape index (κ3) is 2.96. The monoisotopic (exact) mass is 262 g/mol. The Kier molecular flexibility index (Phi) is 4.11. The summed E-state index contributed by atoms with van der Waals surface area (Å²) in [5.74, 6) is 0.518. The van der Waals surface area contributed by atoms with Crippen LogP contribution in [0.3, 0.4) is 0 Å². The molecule has 0 amide bonds. The Bertz CT molecular complexity index is 390. The SMILES string of the molecule is c1ccc(COC[C@H]2CCC[C@]23CNCCO3)nc1. The predicted molar refractivity (Wildman–Crippen MR) is 72.8 cm³/mol. The molecule has 104 valence electrons.